The number of benzene rings is 14. The van der Waals surface area contributed by atoms with Crippen molar-refractivity contribution in [3.63, 3.8) is 0 Å². The van der Waals surface area contributed by atoms with Gasteiger partial charge in [0.15, 0.2) is 0 Å². The van der Waals surface area contributed by atoms with Crippen LogP contribution in [-0.4, -0.2) is 4.57 Å². The first-order valence-electron chi connectivity index (χ1n) is 27.8. The minimum absolute atomic E-state index is 0.860. The second-order valence-corrected chi connectivity index (χ2v) is 21.2. The summed E-state index contributed by atoms with van der Waals surface area (Å²) in [5.41, 5.74) is 20.1. The molecule has 2 aromatic heterocycles. The van der Waals surface area contributed by atoms with E-state index in [1.165, 1.54) is 87.6 Å². The molecule has 3 heteroatoms. The van der Waals surface area contributed by atoms with Gasteiger partial charge in [-0.25, -0.2) is 0 Å². The lowest BCUT2D eigenvalue weighted by Gasteiger charge is -2.26. The number of hydrogen-bond donors (Lipinski definition) is 0. The van der Waals surface area contributed by atoms with Gasteiger partial charge >= 0.3 is 0 Å². The molecule has 0 saturated carbocycles. The molecular weight excluding hydrogens is 981 g/mol. The van der Waals surface area contributed by atoms with E-state index in [-0.39, 0.29) is 0 Å². The highest BCUT2D eigenvalue weighted by Crippen LogP contribution is 2.45. The normalized spacial score (nSPS) is 11.7. The second-order valence-electron chi connectivity index (χ2n) is 21.2. The van der Waals surface area contributed by atoms with E-state index in [1.807, 2.05) is 6.07 Å². The van der Waals surface area contributed by atoms with Crippen LogP contribution in [0.1, 0.15) is 0 Å². The predicted octanol–water partition coefficient (Wildman–Crippen LogP) is 21.9. The summed E-state index contributed by atoms with van der Waals surface area (Å²) in [5.74, 6) is 0. The van der Waals surface area contributed by atoms with Crippen LogP contribution in [0.25, 0.3) is 137 Å². The number of rotatable bonds is 9. The molecule has 2 heterocycles. The van der Waals surface area contributed by atoms with Crippen LogP contribution in [0.15, 0.2) is 308 Å². The van der Waals surface area contributed by atoms with E-state index in [2.05, 4.69) is 307 Å². The summed E-state index contributed by atoms with van der Waals surface area (Å²) in [4.78, 5) is 2.36. The maximum atomic E-state index is 6.45. The molecule has 81 heavy (non-hydrogen) atoms. The van der Waals surface area contributed by atoms with Gasteiger partial charge in [0, 0.05) is 33.2 Å². The van der Waals surface area contributed by atoms with Gasteiger partial charge in [0.25, 0.3) is 0 Å². The summed E-state index contributed by atoms with van der Waals surface area (Å²) in [6.45, 7) is 0. The minimum Gasteiger partial charge on any atom is -0.456 e. The van der Waals surface area contributed by atoms with Gasteiger partial charge in [-0.3, -0.25) is 0 Å². The molecule has 16 rings (SSSR count). The molecule has 0 aliphatic carbocycles. The fourth-order valence-electron chi connectivity index (χ4n) is 12.7. The highest BCUT2D eigenvalue weighted by molar-refractivity contribution is 6.26. The van der Waals surface area contributed by atoms with Crippen molar-refractivity contribution in [1.29, 1.82) is 0 Å². The van der Waals surface area contributed by atoms with Crippen LogP contribution in [0, 0.1) is 0 Å². The molecule has 0 spiro atoms. The zero-order valence-corrected chi connectivity index (χ0v) is 44.2. The van der Waals surface area contributed by atoms with E-state index >= 15 is 0 Å². The molecule has 378 valence electrons. The molecule has 0 amide bonds. The van der Waals surface area contributed by atoms with Crippen LogP contribution in [0.2, 0.25) is 0 Å². The molecular formula is C78H50N2O. The summed E-state index contributed by atoms with van der Waals surface area (Å²) >= 11 is 0. The number of furan rings is 1. The number of anilines is 3. The van der Waals surface area contributed by atoms with Crippen LogP contribution < -0.4 is 4.90 Å². The first-order valence-corrected chi connectivity index (χ1v) is 27.8. The Balaban J connectivity index is 0.825. The van der Waals surface area contributed by atoms with Gasteiger partial charge in [-0.15, -0.1) is 0 Å². The third-order valence-electron chi connectivity index (χ3n) is 16.6. The molecule has 0 bridgehead atoms. The number of para-hydroxylation sites is 1. The van der Waals surface area contributed by atoms with Crippen LogP contribution in [-0.2, 0) is 0 Å². The second kappa shape index (κ2) is 19.0. The molecule has 0 atom stereocenters. The molecule has 0 unspecified atom stereocenters. The quantitative estimate of drug-likeness (QED) is 0.134. The maximum Gasteiger partial charge on any atom is 0.137 e. The summed E-state index contributed by atoms with van der Waals surface area (Å²) < 4.78 is 8.91. The zero-order valence-electron chi connectivity index (χ0n) is 44.2. The van der Waals surface area contributed by atoms with Crippen molar-refractivity contribution >= 4 is 93.1 Å². The number of aromatic nitrogens is 1. The Kier molecular flexibility index (Phi) is 10.9. The van der Waals surface area contributed by atoms with E-state index < -0.39 is 0 Å². The maximum absolute atomic E-state index is 6.45. The van der Waals surface area contributed by atoms with Crippen molar-refractivity contribution in [3.05, 3.63) is 303 Å². The summed E-state index contributed by atoms with van der Waals surface area (Å²) in [7, 11) is 0. The first-order chi connectivity index (χ1) is 40.1. The molecule has 14 aromatic carbocycles. The Hall–Kier alpha value is -10.7. The van der Waals surface area contributed by atoms with E-state index in [0.29, 0.717) is 0 Å². The Morgan fingerprint density at radius 2 is 0.605 bits per heavy atom. The molecule has 0 saturated heterocycles. The highest BCUT2D eigenvalue weighted by Gasteiger charge is 2.21. The molecule has 0 aliphatic rings. The van der Waals surface area contributed by atoms with Crippen molar-refractivity contribution < 1.29 is 4.42 Å². The number of fused-ring (bicyclic) bond motifs is 12. The lowest BCUT2D eigenvalue weighted by molar-refractivity contribution is 0.669. The van der Waals surface area contributed by atoms with Gasteiger partial charge in [-0.2, -0.15) is 0 Å². The summed E-state index contributed by atoms with van der Waals surface area (Å²) in [6.07, 6.45) is 0. The van der Waals surface area contributed by atoms with E-state index in [0.717, 1.165) is 66.8 Å². The van der Waals surface area contributed by atoms with Gasteiger partial charge in [0.05, 0.1) is 22.1 Å². The first kappa shape index (κ1) is 46.4. The molecule has 0 radical (unpaired) electrons. The monoisotopic (exact) mass is 1030 g/mol. The number of nitrogens with zero attached hydrogens (tertiary/aromatic N) is 2. The SMILES string of the molecule is c1ccc(-c2ccc(-c3ccc4c(c3)c3cc(-c5ccc(N(c6ccc(-c7ccccc7)cc6)c6cccc7oc8ccccc8c67)cc5)ccc3n4-c3cccc(-c4ccc5c6ccccc6c6ccccc6c5c4)c3)cc2)cc1. The van der Waals surface area contributed by atoms with Gasteiger partial charge in [-0.05, 0) is 173 Å². The van der Waals surface area contributed by atoms with Gasteiger partial charge in [-0.1, -0.05) is 218 Å². The van der Waals surface area contributed by atoms with E-state index in [4.69, 9.17) is 4.42 Å². The van der Waals surface area contributed by atoms with Gasteiger partial charge in [0.2, 0.25) is 0 Å². The minimum atomic E-state index is 0.860. The van der Waals surface area contributed by atoms with Crippen molar-refractivity contribution in [2.45, 2.75) is 0 Å². The molecule has 0 N–H and O–H groups in total. The van der Waals surface area contributed by atoms with Gasteiger partial charge < -0.3 is 13.9 Å². The van der Waals surface area contributed by atoms with Crippen molar-refractivity contribution in [2.75, 3.05) is 4.90 Å². The largest absolute Gasteiger partial charge is 0.456 e. The van der Waals surface area contributed by atoms with Crippen LogP contribution >= 0.6 is 0 Å². The fourth-order valence-corrected chi connectivity index (χ4v) is 12.7. The van der Waals surface area contributed by atoms with E-state index in [9.17, 15) is 0 Å². The Bertz CT molecular complexity index is 5040. The molecule has 16 aromatic rings. The predicted molar refractivity (Wildman–Crippen MR) is 342 cm³/mol. The van der Waals surface area contributed by atoms with Crippen molar-refractivity contribution in [3.8, 4) is 61.3 Å². The molecule has 0 aliphatic heterocycles. The smallest absolute Gasteiger partial charge is 0.137 e. The molecule has 0 fully saturated rings. The summed E-state index contributed by atoms with van der Waals surface area (Å²) in [5, 5.41) is 12.2. The van der Waals surface area contributed by atoms with Crippen molar-refractivity contribution in [1.82, 2.24) is 4.57 Å². The van der Waals surface area contributed by atoms with Gasteiger partial charge in [0.1, 0.15) is 11.2 Å². The average molecular weight is 1030 g/mol. The zero-order chi connectivity index (χ0) is 53.4. The third kappa shape index (κ3) is 7.89. The Labute approximate surface area is 469 Å². The summed E-state index contributed by atoms with van der Waals surface area (Å²) in [6, 6.07) is 111. The Morgan fingerprint density at radius 1 is 0.235 bits per heavy atom. The third-order valence-corrected chi connectivity index (χ3v) is 16.6. The number of hydrogen-bond acceptors (Lipinski definition) is 2. The highest BCUT2D eigenvalue weighted by atomic mass is 16.3. The van der Waals surface area contributed by atoms with Crippen LogP contribution in [0.4, 0.5) is 17.1 Å². The van der Waals surface area contributed by atoms with E-state index in [1.54, 1.807) is 0 Å². The topological polar surface area (TPSA) is 21.3 Å². The lowest BCUT2D eigenvalue weighted by atomic mass is 9.92. The van der Waals surface area contributed by atoms with Crippen LogP contribution in [0.5, 0.6) is 0 Å². The van der Waals surface area contributed by atoms with Crippen molar-refractivity contribution in [2.24, 2.45) is 0 Å². The standard InChI is InChI=1S/C78H50N2O/c1-3-15-51(16-4-1)53-29-31-55(32-30-53)58-38-45-73-71(49-58)72-50-59(39-46-74(72)80(73)63-20-13-19-57(47-63)60-37-44-68-66-23-8-7-21-64(66)65-22-9-10-24-67(65)70(68)48-60)56-35-42-62(43-36-56)79(61-40-33-54(34-41-61)52-17-5-2-6-18-52)75-26-14-28-77-78(75)69-25-11-12-27-76(69)81-77/h1-50H. The lowest BCUT2D eigenvalue weighted by Crippen LogP contribution is -2.10. The molecule has 3 nitrogen and oxygen atoms in total. The Morgan fingerprint density at radius 3 is 1.17 bits per heavy atom. The average Bonchev–Trinajstić information content (AvgIpc) is 4.26. The van der Waals surface area contributed by atoms with Crippen LogP contribution in [0.3, 0.4) is 0 Å². The fraction of sp³-hybridized carbons (Fsp3) is 0.